The fourth-order valence-corrected chi connectivity index (χ4v) is 15.0. The Morgan fingerprint density at radius 1 is 0.439 bits per heavy atom. The second-order valence-corrected chi connectivity index (χ2v) is 30.1. The molecular weight excluding hydrogens is 1570 g/mol. The molecule has 15 aromatic heterocycles. The minimum absolute atomic E-state index is 0.0893. The number of amides is 1. The quantitative estimate of drug-likeness (QED) is 0.0575. The molecule has 1 fully saturated rings. The van der Waals surface area contributed by atoms with Crippen LogP contribution in [0.25, 0.3) is 166 Å². The Bertz CT molecular complexity index is 7270. The summed E-state index contributed by atoms with van der Waals surface area (Å²) in [7, 11) is 1.27. The highest BCUT2D eigenvalue weighted by Crippen LogP contribution is 2.42. The number of methoxy groups -OCH3 is 1. The van der Waals surface area contributed by atoms with Crippen LogP contribution in [-0.2, 0) is 9.47 Å². The van der Waals surface area contributed by atoms with Crippen LogP contribution >= 0.6 is 0 Å². The monoisotopic (exact) mass is 1660 g/mol. The Morgan fingerprint density at radius 3 is 1.39 bits per heavy atom. The number of rotatable bonds is 11. The van der Waals surface area contributed by atoms with Gasteiger partial charge in [-0.05, 0) is 171 Å². The van der Waals surface area contributed by atoms with Crippen molar-refractivity contribution in [3.8, 4) is 56.0 Å². The zero-order chi connectivity index (χ0) is 86.1. The summed E-state index contributed by atoms with van der Waals surface area (Å²) in [5.41, 5.74) is 71.7. The number of aromatic nitrogens is 22. The lowest BCUT2D eigenvalue weighted by Gasteiger charge is -2.24. The van der Waals surface area contributed by atoms with Gasteiger partial charge in [0.2, 0.25) is 0 Å². The molecule has 16 heterocycles. The van der Waals surface area contributed by atoms with Gasteiger partial charge in [0.15, 0.2) is 45.0 Å². The Balaban J connectivity index is 0.000000109. The fourth-order valence-electron chi connectivity index (χ4n) is 15.0. The van der Waals surface area contributed by atoms with Gasteiger partial charge in [-0.1, -0.05) is 17.3 Å². The number of benzene rings is 5. The number of nitrogen functional groups attached to an aromatic ring is 9. The number of carbonyl (C=O) groups is 1. The highest BCUT2D eigenvalue weighted by atomic mass is 16.5. The van der Waals surface area contributed by atoms with E-state index in [-0.39, 0.29) is 54.0 Å². The summed E-state index contributed by atoms with van der Waals surface area (Å²) in [5.74, 6) is 3.03. The summed E-state index contributed by atoms with van der Waals surface area (Å²) < 4.78 is 46.6. The Hall–Kier alpha value is -16.2. The molecule has 19 N–H and O–H groups in total. The molecule has 20 aromatic rings. The standard InChI is InChI=1S/C18H18N6O2.C17H17N7O3.C16H17N7O.2C16H16N6O/c19-16-15-12(10-1-2-14-13(7-10)23-18(20)26-14)8-24(17(15)22-9-21-16)11-3-5-25-6-4-11;1-8(2)24-16-12(14(18)19-7-20-16)13(22-24)9-4-5-11-10(6-9)15(23-27-11)21-17(25)26-3;1-7(2)23-15-12(14(17)19-8(3)20-15)13(22-23)9-4-5-11-10(6-9)21-16(18)24-11;1-8(2)22-6-10(13-14(17)19-7-20-15(13)22)9-3-4-12-11(5-9)21-16(18)23-12;1-8(2)22-11-5-6-19-15(17)13(11)14(21-22)9-3-4-12-10(7-9)20-16(18)23-12/h1-2,7-9,11H,3-6H2,(H2,20,23)(H2,19,21,22);4-8H,1-3H3,(H2,18,19,20)(H,21,23,25);4-7H,1-3H3,(H2,18,21)(H2,17,19,20);3-8H,1-2H3,(H2,18,21)(H2,17,19,20);3-8H,1-2H3,(H2,17,19)(H2,18,20). The molecule has 0 radical (unpaired) electrons. The molecule has 40 nitrogen and oxygen atoms in total. The molecule has 123 heavy (non-hydrogen) atoms. The van der Waals surface area contributed by atoms with E-state index in [4.69, 9.17) is 88.7 Å². The smallest absolute Gasteiger partial charge is 0.412 e. The minimum atomic E-state index is -0.636. The van der Waals surface area contributed by atoms with Gasteiger partial charge in [-0.3, -0.25) is 10.00 Å². The molecule has 0 spiro atoms. The van der Waals surface area contributed by atoms with Crippen LogP contribution in [0, 0.1) is 6.92 Å². The maximum Gasteiger partial charge on any atom is 0.412 e. The van der Waals surface area contributed by atoms with Crippen molar-refractivity contribution in [3.63, 3.8) is 0 Å². The largest absolute Gasteiger partial charge is 0.453 e. The summed E-state index contributed by atoms with van der Waals surface area (Å²) in [6, 6.07) is 31.7. The molecule has 0 atom stereocenters. The Labute approximate surface area is 696 Å². The zero-order valence-electron chi connectivity index (χ0n) is 68.2. The number of oxazole rings is 4. The van der Waals surface area contributed by atoms with Crippen molar-refractivity contribution >= 4 is 175 Å². The van der Waals surface area contributed by atoms with Gasteiger partial charge in [0.05, 0.1) is 44.9 Å². The first kappa shape index (κ1) is 79.3. The average Bonchev–Trinajstić information content (AvgIpc) is 1.57. The predicted octanol–water partition coefficient (Wildman–Crippen LogP) is 14.4. The fraction of sp³-hybridized carbons (Fsp3) is 0.229. The van der Waals surface area contributed by atoms with Crippen molar-refractivity contribution < 1.29 is 36.5 Å². The maximum atomic E-state index is 11.5. The third kappa shape index (κ3) is 15.0. The number of nitrogens with two attached hydrogens (primary N) is 9. The molecule has 0 aliphatic carbocycles. The van der Waals surface area contributed by atoms with Crippen molar-refractivity contribution in [1.82, 2.24) is 108 Å². The van der Waals surface area contributed by atoms with Gasteiger partial charge in [0, 0.05) is 89.8 Å². The molecule has 0 bridgehead atoms. The average molecular weight is 1660 g/mol. The number of carbonyl (C=O) groups excluding carboxylic acids is 1. The van der Waals surface area contributed by atoms with Gasteiger partial charge in [-0.25, -0.2) is 59.0 Å². The third-order valence-corrected chi connectivity index (χ3v) is 20.7. The molecule has 21 rings (SSSR count). The second-order valence-electron chi connectivity index (χ2n) is 30.1. The lowest BCUT2D eigenvalue weighted by atomic mass is 10.1. The number of hydrogen-bond donors (Lipinski definition) is 10. The number of fused-ring (bicyclic) bond motifs is 10. The third-order valence-electron chi connectivity index (χ3n) is 20.7. The van der Waals surface area contributed by atoms with Gasteiger partial charge in [-0.15, -0.1) is 0 Å². The van der Waals surface area contributed by atoms with Crippen LogP contribution in [0.15, 0.2) is 157 Å². The Kier molecular flexibility index (Phi) is 20.6. The summed E-state index contributed by atoms with van der Waals surface area (Å²) in [4.78, 5) is 66.9. The summed E-state index contributed by atoms with van der Waals surface area (Å²) in [6.45, 7) is 19.8. The van der Waals surface area contributed by atoms with Crippen molar-refractivity contribution in [2.75, 3.05) is 77.2 Å². The number of anilines is 10. The van der Waals surface area contributed by atoms with E-state index in [1.165, 1.54) is 26.1 Å². The van der Waals surface area contributed by atoms with Crippen LogP contribution in [0.1, 0.15) is 104 Å². The molecule has 0 saturated carbocycles. The summed E-state index contributed by atoms with van der Waals surface area (Å²) >= 11 is 0. The van der Waals surface area contributed by atoms with Gasteiger partial charge in [0.1, 0.15) is 104 Å². The van der Waals surface area contributed by atoms with E-state index in [0.29, 0.717) is 113 Å². The summed E-state index contributed by atoms with van der Waals surface area (Å²) in [5, 5.41) is 25.1. The Morgan fingerprint density at radius 2 is 0.870 bits per heavy atom. The zero-order valence-corrected chi connectivity index (χ0v) is 68.2. The molecule has 5 aromatic carbocycles. The number of nitrogens with zero attached hydrogens (tertiary/aromatic N) is 22. The van der Waals surface area contributed by atoms with E-state index in [0.717, 1.165) is 120 Å². The van der Waals surface area contributed by atoms with E-state index >= 15 is 0 Å². The normalized spacial score (nSPS) is 12.6. The van der Waals surface area contributed by atoms with E-state index in [9.17, 15) is 4.79 Å². The molecule has 40 heteroatoms. The topological polar surface area (TPSA) is 591 Å². The van der Waals surface area contributed by atoms with Crippen LogP contribution in [0.5, 0.6) is 0 Å². The van der Waals surface area contributed by atoms with E-state index in [1.807, 2.05) is 141 Å². The first-order valence-corrected chi connectivity index (χ1v) is 39.1. The van der Waals surface area contributed by atoms with Crippen molar-refractivity contribution in [2.45, 2.75) is 105 Å². The van der Waals surface area contributed by atoms with Crippen LogP contribution in [0.4, 0.5) is 63.8 Å². The van der Waals surface area contributed by atoms with Crippen LogP contribution < -0.4 is 56.9 Å². The van der Waals surface area contributed by atoms with Crippen LogP contribution in [-0.4, -0.2) is 135 Å². The van der Waals surface area contributed by atoms with Gasteiger partial charge in [-0.2, -0.15) is 35.2 Å². The van der Waals surface area contributed by atoms with Crippen LogP contribution in [0.3, 0.4) is 0 Å². The van der Waals surface area contributed by atoms with Gasteiger partial charge < -0.3 is 92.4 Å². The lowest BCUT2D eigenvalue weighted by molar-refractivity contribution is 0.0706. The van der Waals surface area contributed by atoms with Gasteiger partial charge >= 0.3 is 6.09 Å². The first-order chi connectivity index (χ1) is 59.2. The van der Waals surface area contributed by atoms with Crippen molar-refractivity contribution in [2.24, 2.45) is 0 Å². The van der Waals surface area contributed by atoms with E-state index in [2.05, 4.69) is 128 Å². The molecule has 1 aliphatic rings. The van der Waals surface area contributed by atoms with Gasteiger partial charge in [0.25, 0.3) is 24.1 Å². The second kappa shape index (κ2) is 31.9. The molecule has 1 saturated heterocycles. The molecular formula is C83H84N32O8. The number of nitrogens with one attached hydrogen (secondary N) is 1. The first-order valence-electron chi connectivity index (χ1n) is 39.1. The molecule has 624 valence electrons. The van der Waals surface area contributed by atoms with E-state index in [1.54, 1.807) is 16.9 Å². The maximum absolute atomic E-state index is 11.5. The number of hydrogen-bond acceptors (Lipinski definition) is 34. The lowest BCUT2D eigenvalue weighted by Crippen LogP contribution is -2.19. The molecule has 1 aliphatic heterocycles. The van der Waals surface area contributed by atoms with Crippen molar-refractivity contribution in [1.29, 1.82) is 0 Å². The summed E-state index contributed by atoms with van der Waals surface area (Å²) in [6.07, 6.45) is 11.5. The number of pyridine rings is 1. The SMILES string of the molecule is CC(C)n1cc(-c2ccc3oc(N)nc3c2)c2c(N)ncnc21.CC(C)n1nc(-c2ccc3oc(N)nc3c2)c2c(N)nccc21.COC(=O)Nc1noc2ccc(-c3nn(C(C)C)c4ncnc(N)c34)cc12.Cc1nc(N)c2c(-c3ccc4oc(N)nc4c3)nn(C(C)C)c2n1.Nc1nc2cc(-c3cn(C4CCOCC4)c4ncnc(N)c34)ccc2o1. The molecule has 1 amide bonds. The molecule has 0 unspecified atom stereocenters. The minimum Gasteiger partial charge on any atom is -0.453 e. The van der Waals surface area contributed by atoms with Crippen molar-refractivity contribution in [3.05, 3.63) is 140 Å². The number of aryl methyl sites for hydroxylation is 1. The highest BCUT2D eigenvalue weighted by Gasteiger charge is 2.27. The number of ether oxygens (including phenoxy) is 2. The van der Waals surface area contributed by atoms with Crippen LogP contribution in [0.2, 0.25) is 0 Å². The van der Waals surface area contributed by atoms with E-state index < -0.39 is 6.09 Å². The highest BCUT2D eigenvalue weighted by molar-refractivity contribution is 6.07. The predicted molar refractivity (Wildman–Crippen MR) is 469 cm³/mol.